The van der Waals surface area contributed by atoms with Crippen LogP contribution in [0.4, 0.5) is 5.69 Å². The lowest BCUT2D eigenvalue weighted by molar-refractivity contribution is -0.142. The standard InChI is InChI=1S/C10H12BrNO2/c1-2-14-10(13)5-7-3-8(11)6-9(12)4-7/h3-4,6H,2,5,12H2,1H3. The summed E-state index contributed by atoms with van der Waals surface area (Å²) in [7, 11) is 0. The Morgan fingerprint density at radius 2 is 2.21 bits per heavy atom. The first-order chi connectivity index (χ1) is 6.61. The maximum absolute atomic E-state index is 11.2. The molecular weight excluding hydrogens is 246 g/mol. The summed E-state index contributed by atoms with van der Waals surface area (Å²) < 4.78 is 5.70. The molecule has 0 saturated heterocycles. The number of anilines is 1. The zero-order chi connectivity index (χ0) is 10.6. The minimum atomic E-state index is -0.231. The molecule has 0 amide bonds. The van der Waals surface area contributed by atoms with Gasteiger partial charge in [0.2, 0.25) is 0 Å². The van der Waals surface area contributed by atoms with E-state index in [4.69, 9.17) is 10.5 Å². The molecule has 0 fully saturated rings. The molecule has 0 unspecified atom stereocenters. The van der Waals surface area contributed by atoms with Gasteiger partial charge in [0, 0.05) is 10.2 Å². The van der Waals surface area contributed by atoms with Crippen molar-refractivity contribution in [2.45, 2.75) is 13.3 Å². The quantitative estimate of drug-likeness (QED) is 0.667. The zero-order valence-electron chi connectivity index (χ0n) is 7.92. The first-order valence-electron chi connectivity index (χ1n) is 4.32. The van der Waals surface area contributed by atoms with E-state index in [1.165, 1.54) is 0 Å². The average Bonchev–Trinajstić information content (AvgIpc) is 2.01. The summed E-state index contributed by atoms with van der Waals surface area (Å²) in [4.78, 5) is 11.2. The molecule has 0 aliphatic rings. The molecule has 0 heterocycles. The number of esters is 1. The molecule has 3 nitrogen and oxygen atoms in total. The second-order valence-electron chi connectivity index (χ2n) is 2.87. The highest BCUT2D eigenvalue weighted by atomic mass is 79.9. The molecule has 0 aromatic heterocycles. The van der Waals surface area contributed by atoms with Gasteiger partial charge in [0.1, 0.15) is 0 Å². The number of hydrogen-bond acceptors (Lipinski definition) is 3. The molecule has 14 heavy (non-hydrogen) atoms. The zero-order valence-corrected chi connectivity index (χ0v) is 9.50. The Labute approximate surface area is 91.4 Å². The number of halogens is 1. The third kappa shape index (κ3) is 3.38. The normalized spacial score (nSPS) is 9.86. The van der Waals surface area contributed by atoms with Crippen LogP contribution in [0.1, 0.15) is 12.5 Å². The molecule has 0 radical (unpaired) electrons. The number of benzene rings is 1. The highest BCUT2D eigenvalue weighted by molar-refractivity contribution is 9.10. The second-order valence-corrected chi connectivity index (χ2v) is 3.79. The van der Waals surface area contributed by atoms with Crippen LogP contribution >= 0.6 is 15.9 Å². The number of nitrogen functional groups attached to an aromatic ring is 1. The van der Waals surface area contributed by atoms with E-state index >= 15 is 0 Å². The van der Waals surface area contributed by atoms with E-state index < -0.39 is 0 Å². The maximum atomic E-state index is 11.2. The molecule has 0 bridgehead atoms. The summed E-state index contributed by atoms with van der Waals surface area (Å²) >= 11 is 3.31. The van der Waals surface area contributed by atoms with E-state index in [2.05, 4.69) is 15.9 Å². The van der Waals surface area contributed by atoms with Gasteiger partial charge in [-0.05, 0) is 30.7 Å². The van der Waals surface area contributed by atoms with Crippen molar-refractivity contribution in [3.8, 4) is 0 Å². The Kier molecular flexibility index (Phi) is 3.95. The van der Waals surface area contributed by atoms with Gasteiger partial charge in [-0.15, -0.1) is 0 Å². The van der Waals surface area contributed by atoms with Gasteiger partial charge in [-0.1, -0.05) is 15.9 Å². The molecule has 1 aromatic carbocycles. The summed E-state index contributed by atoms with van der Waals surface area (Å²) in [6.45, 7) is 2.19. The van der Waals surface area contributed by atoms with Crippen LogP contribution in [0.25, 0.3) is 0 Å². The predicted molar refractivity (Wildman–Crippen MR) is 58.9 cm³/mol. The average molecular weight is 258 g/mol. The molecule has 1 rings (SSSR count). The first-order valence-corrected chi connectivity index (χ1v) is 5.11. The Bertz CT molecular complexity index is 319. The fourth-order valence-electron chi connectivity index (χ4n) is 1.16. The molecule has 4 heteroatoms. The van der Waals surface area contributed by atoms with Crippen LogP contribution in [0.3, 0.4) is 0 Å². The van der Waals surface area contributed by atoms with E-state index in [1.807, 2.05) is 6.07 Å². The molecular formula is C10H12BrNO2. The molecule has 0 aliphatic heterocycles. The van der Waals surface area contributed by atoms with Gasteiger partial charge in [0.05, 0.1) is 13.0 Å². The largest absolute Gasteiger partial charge is 0.466 e. The fourth-order valence-corrected chi connectivity index (χ4v) is 1.71. The summed E-state index contributed by atoms with van der Waals surface area (Å²) in [5, 5.41) is 0. The SMILES string of the molecule is CCOC(=O)Cc1cc(N)cc(Br)c1. The number of nitrogens with two attached hydrogens (primary N) is 1. The molecule has 76 valence electrons. The molecule has 2 N–H and O–H groups in total. The van der Waals surface area contributed by atoms with E-state index in [0.29, 0.717) is 12.3 Å². The molecule has 0 spiro atoms. The number of rotatable bonds is 3. The second kappa shape index (κ2) is 5.00. The van der Waals surface area contributed by atoms with E-state index in [9.17, 15) is 4.79 Å². The number of carbonyl (C=O) groups excluding carboxylic acids is 1. The lowest BCUT2D eigenvalue weighted by atomic mass is 10.1. The van der Waals surface area contributed by atoms with Gasteiger partial charge in [-0.3, -0.25) is 4.79 Å². The van der Waals surface area contributed by atoms with E-state index in [1.54, 1.807) is 19.1 Å². The molecule has 0 saturated carbocycles. The minimum absolute atomic E-state index is 0.231. The van der Waals surface area contributed by atoms with Crippen LogP contribution in [-0.2, 0) is 16.0 Å². The lowest BCUT2D eigenvalue weighted by Gasteiger charge is -2.03. The van der Waals surface area contributed by atoms with Gasteiger partial charge in [0.25, 0.3) is 0 Å². The van der Waals surface area contributed by atoms with E-state index in [-0.39, 0.29) is 12.4 Å². The van der Waals surface area contributed by atoms with Gasteiger partial charge < -0.3 is 10.5 Å². The number of hydrogen-bond donors (Lipinski definition) is 1. The number of ether oxygens (including phenoxy) is 1. The Morgan fingerprint density at radius 3 is 2.79 bits per heavy atom. The van der Waals surface area contributed by atoms with Gasteiger partial charge in [-0.25, -0.2) is 0 Å². The summed E-state index contributed by atoms with van der Waals surface area (Å²) in [5.41, 5.74) is 7.12. The van der Waals surface area contributed by atoms with Gasteiger partial charge in [-0.2, -0.15) is 0 Å². The number of carbonyl (C=O) groups is 1. The summed E-state index contributed by atoms with van der Waals surface area (Å²) in [5.74, 6) is -0.231. The van der Waals surface area contributed by atoms with E-state index in [0.717, 1.165) is 10.0 Å². The van der Waals surface area contributed by atoms with Crippen LogP contribution in [0.5, 0.6) is 0 Å². The van der Waals surface area contributed by atoms with Crippen molar-refractivity contribution >= 4 is 27.6 Å². The highest BCUT2D eigenvalue weighted by Crippen LogP contribution is 2.17. The van der Waals surface area contributed by atoms with Crippen LogP contribution in [0.15, 0.2) is 22.7 Å². The molecule has 0 aliphatic carbocycles. The van der Waals surface area contributed by atoms with Crippen molar-refractivity contribution in [3.05, 3.63) is 28.2 Å². The Morgan fingerprint density at radius 1 is 1.50 bits per heavy atom. The third-order valence-electron chi connectivity index (χ3n) is 1.63. The molecule has 0 atom stereocenters. The van der Waals surface area contributed by atoms with Crippen molar-refractivity contribution < 1.29 is 9.53 Å². The fraction of sp³-hybridized carbons (Fsp3) is 0.300. The predicted octanol–water partition coefficient (Wildman–Crippen LogP) is 2.14. The molecule has 1 aromatic rings. The Balaban J connectivity index is 2.71. The van der Waals surface area contributed by atoms with Crippen LogP contribution in [-0.4, -0.2) is 12.6 Å². The van der Waals surface area contributed by atoms with Crippen molar-refractivity contribution in [1.29, 1.82) is 0 Å². The maximum Gasteiger partial charge on any atom is 0.310 e. The van der Waals surface area contributed by atoms with Crippen molar-refractivity contribution in [2.75, 3.05) is 12.3 Å². The third-order valence-corrected chi connectivity index (χ3v) is 2.09. The van der Waals surface area contributed by atoms with Crippen LogP contribution < -0.4 is 5.73 Å². The van der Waals surface area contributed by atoms with Gasteiger partial charge >= 0.3 is 5.97 Å². The van der Waals surface area contributed by atoms with Crippen molar-refractivity contribution in [2.24, 2.45) is 0 Å². The minimum Gasteiger partial charge on any atom is -0.466 e. The summed E-state index contributed by atoms with van der Waals surface area (Å²) in [6, 6.07) is 5.41. The summed E-state index contributed by atoms with van der Waals surface area (Å²) in [6.07, 6.45) is 0.261. The topological polar surface area (TPSA) is 52.3 Å². The lowest BCUT2D eigenvalue weighted by Crippen LogP contribution is -2.07. The van der Waals surface area contributed by atoms with Crippen molar-refractivity contribution in [1.82, 2.24) is 0 Å². The highest BCUT2D eigenvalue weighted by Gasteiger charge is 2.04. The smallest absolute Gasteiger partial charge is 0.310 e. The van der Waals surface area contributed by atoms with Crippen molar-refractivity contribution in [3.63, 3.8) is 0 Å². The Hall–Kier alpha value is -1.03. The van der Waals surface area contributed by atoms with Crippen LogP contribution in [0.2, 0.25) is 0 Å². The first kappa shape index (κ1) is 11.0. The van der Waals surface area contributed by atoms with Crippen LogP contribution in [0, 0.1) is 0 Å². The van der Waals surface area contributed by atoms with Gasteiger partial charge in [0.15, 0.2) is 0 Å². The monoisotopic (exact) mass is 257 g/mol.